The molecule has 2 rings (SSSR count). The maximum absolute atomic E-state index is 14.1. The zero-order valence-electron chi connectivity index (χ0n) is 9.72. The van der Waals surface area contributed by atoms with Gasteiger partial charge in [-0.25, -0.2) is 4.39 Å². The van der Waals surface area contributed by atoms with Gasteiger partial charge in [0.25, 0.3) is 0 Å². The topological polar surface area (TPSA) is 29.5 Å². The van der Waals surface area contributed by atoms with Crippen LogP contribution in [0.5, 0.6) is 5.75 Å². The van der Waals surface area contributed by atoms with Crippen molar-refractivity contribution in [1.29, 1.82) is 0 Å². The number of hydrogen-bond acceptors (Lipinski definition) is 2. The molecule has 16 heavy (non-hydrogen) atoms. The Balaban J connectivity index is 2.60. The molecule has 1 unspecified atom stereocenters. The number of benzene rings is 1. The van der Waals surface area contributed by atoms with Gasteiger partial charge in [0.05, 0.1) is 13.2 Å². The summed E-state index contributed by atoms with van der Waals surface area (Å²) in [6.07, 6.45) is 2.92. The first kappa shape index (κ1) is 11.4. The van der Waals surface area contributed by atoms with Gasteiger partial charge in [-0.15, -0.1) is 0 Å². The minimum Gasteiger partial charge on any atom is -0.496 e. The van der Waals surface area contributed by atoms with Crippen LogP contribution in [0.2, 0.25) is 0 Å². The summed E-state index contributed by atoms with van der Waals surface area (Å²) in [5.41, 5.74) is 2.06. The molecule has 0 radical (unpaired) electrons. The Morgan fingerprint density at radius 1 is 1.31 bits per heavy atom. The molecule has 0 heterocycles. The zero-order chi connectivity index (χ0) is 11.7. The van der Waals surface area contributed by atoms with Crippen molar-refractivity contribution in [2.24, 2.45) is 0 Å². The monoisotopic (exact) mass is 224 g/mol. The lowest BCUT2D eigenvalue weighted by Crippen LogP contribution is -2.11. The molecule has 1 aliphatic carbocycles. The molecule has 2 nitrogen and oxygen atoms in total. The number of ether oxygens (including phenoxy) is 1. The second-order valence-electron chi connectivity index (χ2n) is 4.32. The number of fused-ring (bicyclic) bond motifs is 1. The molecule has 3 heteroatoms. The standard InChI is InChI=1S/C13H17FO2/c1-8(15)11-7-12(16-2)9-5-3-4-6-10(9)13(11)14/h7-8,15H,3-6H2,1-2H3. The van der Waals surface area contributed by atoms with E-state index in [-0.39, 0.29) is 5.82 Å². The lowest BCUT2D eigenvalue weighted by Gasteiger charge is -2.22. The fraction of sp³-hybridized carbons (Fsp3) is 0.538. The minimum atomic E-state index is -0.791. The SMILES string of the molecule is COc1cc(C(C)O)c(F)c2c1CCCC2. The van der Waals surface area contributed by atoms with Crippen molar-refractivity contribution < 1.29 is 14.2 Å². The summed E-state index contributed by atoms with van der Waals surface area (Å²) in [7, 11) is 1.59. The van der Waals surface area contributed by atoms with Crippen molar-refractivity contribution in [2.75, 3.05) is 7.11 Å². The predicted octanol–water partition coefficient (Wildman–Crippen LogP) is 2.77. The number of rotatable bonds is 2. The third-order valence-corrected chi connectivity index (χ3v) is 3.24. The van der Waals surface area contributed by atoms with Gasteiger partial charge >= 0.3 is 0 Å². The first-order valence-corrected chi connectivity index (χ1v) is 5.71. The lowest BCUT2D eigenvalue weighted by atomic mass is 9.88. The number of hydrogen-bond donors (Lipinski definition) is 1. The van der Waals surface area contributed by atoms with Crippen LogP contribution in [0.1, 0.15) is 42.6 Å². The molecule has 88 valence electrons. The average molecular weight is 224 g/mol. The highest BCUT2D eigenvalue weighted by atomic mass is 19.1. The van der Waals surface area contributed by atoms with E-state index in [4.69, 9.17) is 4.74 Å². The predicted molar refractivity (Wildman–Crippen MR) is 60.2 cm³/mol. The van der Waals surface area contributed by atoms with E-state index in [0.29, 0.717) is 11.3 Å². The van der Waals surface area contributed by atoms with Crippen molar-refractivity contribution >= 4 is 0 Å². The minimum absolute atomic E-state index is 0.245. The molecule has 0 saturated heterocycles. The largest absolute Gasteiger partial charge is 0.496 e. The highest BCUT2D eigenvalue weighted by Gasteiger charge is 2.22. The zero-order valence-corrected chi connectivity index (χ0v) is 9.72. The lowest BCUT2D eigenvalue weighted by molar-refractivity contribution is 0.193. The Kier molecular flexibility index (Phi) is 3.15. The number of methoxy groups -OCH3 is 1. The van der Waals surface area contributed by atoms with Crippen LogP contribution < -0.4 is 4.74 Å². The molecule has 1 N–H and O–H groups in total. The Bertz CT molecular complexity index is 399. The van der Waals surface area contributed by atoms with Crippen LogP contribution in [0.25, 0.3) is 0 Å². The van der Waals surface area contributed by atoms with E-state index in [1.165, 1.54) is 0 Å². The molecule has 1 aromatic carbocycles. The van der Waals surface area contributed by atoms with Crippen LogP contribution in [-0.2, 0) is 12.8 Å². The molecule has 0 spiro atoms. The third kappa shape index (κ3) is 1.80. The second kappa shape index (κ2) is 4.42. The van der Waals surface area contributed by atoms with Gasteiger partial charge in [-0.3, -0.25) is 0 Å². The molecule has 0 aromatic heterocycles. The highest BCUT2D eigenvalue weighted by molar-refractivity contribution is 5.46. The first-order valence-electron chi connectivity index (χ1n) is 5.71. The van der Waals surface area contributed by atoms with Gasteiger partial charge in [-0.05, 0) is 44.2 Å². The first-order chi connectivity index (χ1) is 7.65. The molecular formula is C13H17FO2. The van der Waals surface area contributed by atoms with Crippen LogP contribution in [-0.4, -0.2) is 12.2 Å². The average Bonchev–Trinajstić information content (AvgIpc) is 2.29. The van der Waals surface area contributed by atoms with Gasteiger partial charge in [0.15, 0.2) is 0 Å². The van der Waals surface area contributed by atoms with Gasteiger partial charge in [-0.1, -0.05) is 0 Å². The van der Waals surface area contributed by atoms with Gasteiger partial charge in [-0.2, -0.15) is 0 Å². The van der Waals surface area contributed by atoms with Gasteiger partial charge in [0.1, 0.15) is 11.6 Å². The number of aliphatic hydroxyl groups excluding tert-OH is 1. The Morgan fingerprint density at radius 3 is 2.50 bits per heavy atom. The maximum atomic E-state index is 14.1. The summed E-state index contributed by atoms with van der Waals surface area (Å²) >= 11 is 0. The van der Waals surface area contributed by atoms with Crippen LogP contribution in [0.4, 0.5) is 4.39 Å². The molecule has 0 aliphatic heterocycles. The van der Waals surface area contributed by atoms with E-state index in [0.717, 1.165) is 36.8 Å². The maximum Gasteiger partial charge on any atom is 0.132 e. The number of halogens is 1. The molecule has 1 aromatic rings. The molecule has 1 aliphatic rings. The molecule has 0 fully saturated rings. The van der Waals surface area contributed by atoms with Crippen LogP contribution in [0.15, 0.2) is 6.07 Å². The van der Waals surface area contributed by atoms with Crippen molar-refractivity contribution in [3.8, 4) is 5.75 Å². The third-order valence-electron chi connectivity index (χ3n) is 3.24. The Morgan fingerprint density at radius 2 is 1.94 bits per heavy atom. The van der Waals surface area contributed by atoms with Crippen LogP contribution >= 0.6 is 0 Å². The van der Waals surface area contributed by atoms with Crippen molar-refractivity contribution in [2.45, 2.75) is 38.7 Å². The fourth-order valence-electron chi connectivity index (χ4n) is 2.37. The summed E-state index contributed by atoms with van der Waals surface area (Å²) in [5, 5.41) is 9.53. The van der Waals surface area contributed by atoms with Crippen molar-refractivity contribution in [1.82, 2.24) is 0 Å². The van der Waals surface area contributed by atoms with Crippen molar-refractivity contribution in [3.05, 3.63) is 28.6 Å². The summed E-state index contributed by atoms with van der Waals surface area (Å²) in [4.78, 5) is 0. The van der Waals surface area contributed by atoms with E-state index < -0.39 is 6.10 Å². The summed E-state index contributed by atoms with van der Waals surface area (Å²) in [6.45, 7) is 1.58. The molecule has 1 atom stereocenters. The van der Waals surface area contributed by atoms with Gasteiger partial charge in [0.2, 0.25) is 0 Å². The van der Waals surface area contributed by atoms with Gasteiger partial charge in [0, 0.05) is 11.1 Å². The Labute approximate surface area is 95.1 Å². The van der Waals surface area contributed by atoms with E-state index in [9.17, 15) is 9.50 Å². The molecular weight excluding hydrogens is 207 g/mol. The molecule has 0 amide bonds. The fourth-order valence-corrected chi connectivity index (χ4v) is 2.37. The summed E-state index contributed by atoms with van der Waals surface area (Å²) < 4.78 is 19.4. The van der Waals surface area contributed by atoms with Crippen LogP contribution in [0.3, 0.4) is 0 Å². The normalized spacial score (nSPS) is 16.8. The van der Waals surface area contributed by atoms with Crippen molar-refractivity contribution in [3.63, 3.8) is 0 Å². The second-order valence-corrected chi connectivity index (χ2v) is 4.32. The molecule has 0 saturated carbocycles. The van der Waals surface area contributed by atoms with Crippen LogP contribution in [0, 0.1) is 5.82 Å². The van der Waals surface area contributed by atoms with E-state index >= 15 is 0 Å². The summed E-state index contributed by atoms with van der Waals surface area (Å²) in [5.74, 6) is 0.470. The van der Waals surface area contributed by atoms with E-state index in [1.807, 2.05) is 0 Å². The quantitative estimate of drug-likeness (QED) is 0.837. The van der Waals surface area contributed by atoms with E-state index in [1.54, 1.807) is 20.1 Å². The van der Waals surface area contributed by atoms with Gasteiger partial charge < -0.3 is 9.84 Å². The summed E-state index contributed by atoms with van der Waals surface area (Å²) in [6, 6.07) is 1.63. The van der Waals surface area contributed by atoms with E-state index in [2.05, 4.69) is 0 Å². The Hall–Kier alpha value is -1.09. The molecule has 0 bridgehead atoms. The number of aliphatic hydroxyl groups is 1. The smallest absolute Gasteiger partial charge is 0.132 e. The highest BCUT2D eigenvalue weighted by Crippen LogP contribution is 2.35.